The van der Waals surface area contributed by atoms with Crippen LogP contribution in [0.25, 0.3) is 11.5 Å². The SMILES string of the molecule is Cc1nc(-c2ccc(C(F)(F)F)cn2)ns1. The molecule has 0 amide bonds. The molecule has 0 spiro atoms. The molecule has 2 aromatic heterocycles. The fourth-order valence-electron chi connectivity index (χ4n) is 1.10. The monoisotopic (exact) mass is 245 g/mol. The minimum Gasteiger partial charge on any atom is -0.252 e. The predicted octanol–water partition coefficient (Wildman–Crippen LogP) is 2.93. The van der Waals surface area contributed by atoms with Gasteiger partial charge in [-0.2, -0.15) is 17.5 Å². The largest absolute Gasteiger partial charge is 0.417 e. The molecule has 16 heavy (non-hydrogen) atoms. The van der Waals surface area contributed by atoms with Gasteiger partial charge in [0.05, 0.1) is 5.56 Å². The van der Waals surface area contributed by atoms with Crippen LogP contribution in [-0.4, -0.2) is 14.3 Å². The van der Waals surface area contributed by atoms with Crippen molar-refractivity contribution in [1.82, 2.24) is 14.3 Å². The summed E-state index contributed by atoms with van der Waals surface area (Å²) >= 11 is 1.19. The Morgan fingerprint density at radius 2 is 2.00 bits per heavy atom. The zero-order valence-electron chi connectivity index (χ0n) is 8.12. The van der Waals surface area contributed by atoms with Crippen LogP contribution in [0.3, 0.4) is 0 Å². The van der Waals surface area contributed by atoms with Gasteiger partial charge in [0.25, 0.3) is 0 Å². The fourth-order valence-corrected chi connectivity index (χ4v) is 1.58. The molecule has 0 saturated carbocycles. The molecule has 0 fully saturated rings. The van der Waals surface area contributed by atoms with Gasteiger partial charge >= 0.3 is 6.18 Å². The summed E-state index contributed by atoms with van der Waals surface area (Å²) in [5.74, 6) is 0.358. The van der Waals surface area contributed by atoms with E-state index in [0.717, 1.165) is 17.3 Å². The first kappa shape index (κ1) is 11.0. The highest BCUT2D eigenvalue weighted by atomic mass is 32.1. The molecule has 2 rings (SSSR count). The molecule has 0 aliphatic carbocycles. The van der Waals surface area contributed by atoms with Crippen molar-refractivity contribution in [1.29, 1.82) is 0 Å². The van der Waals surface area contributed by atoms with E-state index in [1.54, 1.807) is 6.92 Å². The second-order valence-corrected chi connectivity index (χ2v) is 4.02. The number of alkyl halides is 3. The van der Waals surface area contributed by atoms with Crippen molar-refractivity contribution < 1.29 is 13.2 Å². The van der Waals surface area contributed by atoms with E-state index in [-0.39, 0.29) is 0 Å². The molecule has 0 aliphatic rings. The topological polar surface area (TPSA) is 38.7 Å². The van der Waals surface area contributed by atoms with Gasteiger partial charge in [-0.05, 0) is 30.6 Å². The molecule has 2 heterocycles. The molecule has 84 valence electrons. The summed E-state index contributed by atoms with van der Waals surface area (Å²) < 4.78 is 40.7. The molecule has 0 N–H and O–H groups in total. The van der Waals surface area contributed by atoms with E-state index < -0.39 is 11.7 Å². The number of hydrogen-bond donors (Lipinski definition) is 0. The second-order valence-electron chi connectivity index (χ2n) is 3.07. The van der Waals surface area contributed by atoms with Gasteiger partial charge in [-0.1, -0.05) is 0 Å². The van der Waals surface area contributed by atoms with Crippen LogP contribution in [0.1, 0.15) is 10.6 Å². The Labute approximate surface area is 93.2 Å². The molecule has 0 saturated heterocycles. The molecule has 0 atom stereocenters. The van der Waals surface area contributed by atoms with Gasteiger partial charge in [0.15, 0.2) is 5.82 Å². The van der Waals surface area contributed by atoms with Gasteiger partial charge in [-0.25, -0.2) is 4.98 Å². The van der Waals surface area contributed by atoms with Gasteiger partial charge in [-0.15, -0.1) is 0 Å². The van der Waals surface area contributed by atoms with Crippen molar-refractivity contribution in [3.63, 3.8) is 0 Å². The number of rotatable bonds is 1. The Bertz CT molecular complexity index is 489. The molecular formula is C9H6F3N3S. The average molecular weight is 245 g/mol. The maximum absolute atomic E-state index is 12.3. The third kappa shape index (κ3) is 2.19. The molecule has 0 aromatic carbocycles. The highest BCUT2D eigenvalue weighted by Gasteiger charge is 2.30. The highest BCUT2D eigenvalue weighted by Crippen LogP contribution is 2.29. The number of hydrogen-bond acceptors (Lipinski definition) is 4. The minimum absolute atomic E-state index is 0.345. The summed E-state index contributed by atoms with van der Waals surface area (Å²) in [6.07, 6.45) is -3.58. The minimum atomic E-state index is -4.36. The lowest BCUT2D eigenvalue weighted by atomic mass is 10.2. The van der Waals surface area contributed by atoms with Crippen LogP contribution < -0.4 is 0 Å². The van der Waals surface area contributed by atoms with Crippen molar-refractivity contribution >= 4 is 11.5 Å². The summed E-state index contributed by atoms with van der Waals surface area (Å²) in [6, 6.07) is 2.24. The fraction of sp³-hybridized carbons (Fsp3) is 0.222. The molecule has 0 radical (unpaired) electrons. The first-order valence-corrected chi connectivity index (χ1v) is 5.08. The first-order chi connectivity index (χ1) is 7.47. The van der Waals surface area contributed by atoms with E-state index >= 15 is 0 Å². The molecule has 7 heteroatoms. The smallest absolute Gasteiger partial charge is 0.252 e. The van der Waals surface area contributed by atoms with Crippen LogP contribution in [-0.2, 0) is 6.18 Å². The lowest BCUT2D eigenvalue weighted by molar-refractivity contribution is -0.137. The van der Waals surface area contributed by atoms with Crippen molar-refractivity contribution in [3.05, 3.63) is 28.9 Å². The maximum Gasteiger partial charge on any atom is 0.417 e. The normalized spacial score (nSPS) is 11.8. The van der Waals surface area contributed by atoms with E-state index in [0.29, 0.717) is 11.5 Å². The van der Waals surface area contributed by atoms with Crippen molar-refractivity contribution in [2.75, 3.05) is 0 Å². The third-order valence-electron chi connectivity index (χ3n) is 1.85. The Kier molecular flexibility index (Phi) is 2.63. The van der Waals surface area contributed by atoms with Gasteiger partial charge in [0, 0.05) is 6.20 Å². The van der Waals surface area contributed by atoms with Gasteiger partial charge < -0.3 is 0 Å². The van der Waals surface area contributed by atoms with E-state index in [1.807, 2.05) is 0 Å². The van der Waals surface area contributed by atoms with Crippen LogP contribution in [0.5, 0.6) is 0 Å². The van der Waals surface area contributed by atoms with E-state index in [9.17, 15) is 13.2 Å². The molecule has 0 unspecified atom stereocenters. The lowest BCUT2D eigenvalue weighted by Gasteiger charge is -2.05. The average Bonchev–Trinajstić information content (AvgIpc) is 2.64. The summed E-state index contributed by atoms with van der Waals surface area (Å²) in [6.45, 7) is 1.77. The predicted molar refractivity (Wildman–Crippen MR) is 52.9 cm³/mol. The molecule has 0 aliphatic heterocycles. The number of nitrogens with zero attached hydrogens (tertiary/aromatic N) is 3. The zero-order chi connectivity index (χ0) is 11.8. The molecule has 3 nitrogen and oxygen atoms in total. The Morgan fingerprint density at radius 3 is 2.44 bits per heavy atom. The standard InChI is InChI=1S/C9H6F3N3S/c1-5-14-8(15-16-5)7-3-2-6(4-13-7)9(10,11)12/h2-4H,1H3. The number of aromatic nitrogens is 3. The van der Waals surface area contributed by atoms with Crippen molar-refractivity contribution in [2.24, 2.45) is 0 Å². The number of pyridine rings is 1. The first-order valence-electron chi connectivity index (χ1n) is 4.31. The Balaban J connectivity index is 2.33. The van der Waals surface area contributed by atoms with Crippen LogP contribution in [0.2, 0.25) is 0 Å². The summed E-state index contributed by atoms with van der Waals surface area (Å²) in [4.78, 5) is 7.73. The number of halogens is 3. The lowest BCUT2D eigenvalue weighted by Crippen LogP contribution is -2.05. The van der Waals surface area contributed by atoms with Crippen LogP contribution in [0.4, 0.5) is 13.2 Å². The van der Waals surface area contributed by atoms with Gasteiger partial charge in [-0.3, -0.25) is 4.98 Å². The zero-order valence-corrected chi connectivity index (χ0v) is 8.93. The van der Waals surface area contributed by atoms with Crippen molar-refractivity contribution in [3.8, 4) is 11.5 Å². The van der Waals surface area contributed by atoms with E-state index in [2.05, 4.69) is 14.3 Å². The maximum atomic E-state index is 12.3. The van der Waals surface area contributed by atoms with Crippen LogP contribution in [0.15, 0.2) is 18.3 Å². The number of aryl methyl sites for hydroxylation is 1. The quantitative estimate of drug-likeness (QED) is 0.775. The summed E-state index contributed by atoms with van der Waals surface area (Å²) in [5, 5.41) is 0.747. The van der Waals surface area contributed by atoms with Crippen molar-refractivity contribution in [2.45, 2.75) is 13.1 Å². The van der Waals surface area contributed by atoms with Gasteiger partial charge in [0.2, 0.25) is 0 Å². The van der Waals surface area contributed by atoms with Crippen LogP contribution in [0, 0.1) is 6.92 Å². The summed E-state index contributed by atoms with van der Waals surface area (Å²) in [7, 11) is 0. The second kappa shape index (κ2) is 3.82. The Morgan fingerprint density at radius 1 is 1.25 bits per heavy atom. The molecule has 0 bridgehead atoms. The van der Waals surface area contributed by atoms with E-state index in [1.165, 1.54) is 17.6 Å². The molecule has 2 aromatic rings. The summed E-state index contributed by atoms with van der Waals surface area (Å²) in [5.41, 5.74) is -0.430. The molecular weight excluding hydrogens is 239 g/mol. The highest BCUT2D eigenvalue weighted by molar-refractivity contribution is 7.05. The van der Waals surface area contributed by atoms with E-state index in [4.69, 9.17) is 0 Å². The van der Waals surface area contributed by atoms with Gasteiger partial charge in [0.1, 0.15) is 10.7 Å². The third-order valence-corrected chi connectivity index (χ3v) is 2.47. The van der Waals surface area contributed by atoms with Crippen LogP contribution >= 0.6 is 11.5 Å². The Hall–Kier alpha value is -1.50.